The molecule has 0 spiro atoms. The Morgan fingerprint density at radius 3 is 1.22 bits per heavy atom. The van der Waals surface area contributed by atoms with Crippen molar-refractivity contribution in [2.75, 3.05) is 69.9 Å². The van der Waals surface area contributed by atoms with Crippen LogP contribution in [0.4, 0.5) is 45.4 Å². The van der Waals surface area contributed by atoms with Crippen molar-refractivity contribution >= 4 is 186 Å². The van der Waals surface area contributed by atoms with Gasteiger partial charge in [-0.1, -0.05) is 94.3 Å². The smallest absolute Gasteiger partial charge is 0.181 e. The molecule has 24 heteroatoms. The van der Waals surface area contributed by atoms with Gasteiger partial charge in [0.25, 0.3) is 0 Å². The van der Waals surface area contributed by atoms with Gasteiger partial charge < -0.3 is 41.6 Å². The average Bonchev–Trinajstić information content (AvgIpc) is 3.85. The zero-order valence-corrected chi connectivity index (χ0v) is 61.7. The van der Waals surface area contributed by atoms with E-state index in [0.29, 0.717) is 32.2 Å². The number of nitrogens with zero attached hydrogens (tertiary/aromatic N) is 3. The minimum atomic E-state index is -1.38. The predicted molar refractivity (Wildman–Crippen MR) is 393 cm³/mol. The van der Waals surface area contributed by atoms with Crippen LogP contribution in [0, 0.1) is 65.1 Å². The summed E-state index contributed by atoms with van der Waals surface area (Å²) in [5.41, 5.74) is 22.7. The SMILES string of the molecule is C#C[Si](C)(C)C.C#Cc1ccc(NC)c(F)c1.CNc1ccc(Br)cc1F.CNc1ccc(C#C[Si](C)(C)C)cc1F.COc1ccc2nc(I)sc2c1.COc1ccc2nc(I)sc2c1.COc1ccc2nc(N)sc2c1.Nc1ccc(Br)cc1F. The monoisotopic (exact) mass is 1620 g/mol. The summed E-state index contributed by atoms with van der Waals surface area (Å²) in [5, 5.41) is 8.81. The first-order valence-corrected chi connectivity index (χ1v) is 38.9. The van der Waals surface area contributed by atoms with E-state index in [1.165, 1.54) is 51.1 Å². The molecule has 7 N–H and O–H groups in total. The first kappa shape index (κ1) is 75.1. The van der Waals surface area contributed by atoms with Crippen LogP contribution in [-0.2, 0) is 0 Å². The summed E-state index contributed by atoms with van der Waals surface area (Å²) < 4.78 is 73.7. The van der Waals surface area contributed by atoms with Crippen LogP contribution in [0.2, 0.25) is 39.3 Å². The highest BCUT2D eigenvalue weighted by Gasteiger charge is 2.09. The molecule has 10 rings (SSSR count). The fraction of sp³-hybridized carbons (Fsp3) is 0.190. The third kappa shape index (κ3) is 27.8. The Labute approximate surface area is 565 Å². The number of anilines is 5. The lowest BCUT2D eigenvalue weighted by atomic mass is 10.2. The molecule has 0 radical (unpaired) electrons. The van der Waals surface area contributed by atoms with E-state index in [1.807, 2.05) is 60.7 Å². The summed E-state index contributed by atoms with van der Waals surface area (Å²) in [6.45, 7) is 12.9. The third-order valence-corrected chi connectivity index (χ3v) is 17.6. The van der Waals surface area contributed by atoms with Crippen LogP contribution >= 0.6 is 111 Å². The van der Waals surface area contributed by atoms with Crippen LogP contribution in [-0.4, -0.2) is 73.6 Å². The summed E-state index contributed by atoms with van der Waals surface area (Å²) >= 11 is 15.5. The van der Waals surface area contributed by atoms with Gasteiger partial charge in [-0.3, -0.25) is 0 Å². The number of ether oxygens (including phenoxy) is 3. The molecule has 3 heterocycles. The van der Waals surface area contributed by atoms with E-state index in [2.05, 4.69) is 170 Å². The first-order valence-electron chi connectivity index (χ1n) is 25.7. The van der Waals surface area contributed by atoms with Gasteiger partial charge in [0.2, 0.25) is 0 Å². The predicted octanol–water partition coefficient (Wildman–Crippen LogP) is 18.9. The number of nitrogen functional groups attached to an aromatic ring is 2. The fourth-order valence-corrected chi connectivity index (χ4v) is 11.4. The second kappa shape index (κ2) is 37.6. The number of hydrogen-bond acceptors (Lipinski definition) is 14. The molecule has 0 saturated heterocycles. The Morgan fingerprint density at radius 2 is 0.862 bits per heavy atom. The molecule has 0 aliphatic heterocycles. The topological polar surface area (TPSA) is 154 Å². The third-order valence-electron chi connectivity index (χ3n) is 10.6. The van der Waals surface area contributed by atoms with E-state index in [0.717, 1.165) is 54.6 Å². The number of nitrogens with two attached hydrogens (primary N) is 2. The Balaban J connectivity index is 0.000000263. The van der Waals surface area contributed by atoms with Gasteiger partial charge >= 0.3 is 0 Å². The Hall–Kier alpha value is -6.14. The van der Waals surface area contributed by atoms with Crippen molar-refractivity contribution < 1.29 is 31.8 Å². The van der Waals surface area contributed by atoms with Crippen LogP contribution in [0.1, 0.15) is 11.1 Å². The van der Waals surface area contributed by atoms with Gasteiger partial charge in [0.15, 0.2) is 11.2 Å². The lowest BCUT2D eigenvalue weighted by Crippen LogP contribution is -2.16. The molecule has 0 aliphatic rings. The van der Waals surface area contributed by atoms with Crippen LogP contribution in [0.15, 0.2) is 136 Å². The second-order valence-corrected chi connectivity index (χ2v) is 37.5. The van der Waals surface area contributed by atoms with Gasteiger partial charge in [0.1, 0.15) is 56.7 Å². The molecular formula is C63H66Br2F4I2N8O3S3Si2. The second-order valence-electron chi connectivity index (χ2n) is 19.5. The molecule has 10 aromatic rings. The number of aromatic nitrogens is 3. The molecule has 458 valence electrons. The molecule has 3 aromatic heterocycles. The van der Waals surface area contributed by atoms with Crippen molar-refractivity contribution in [2.45, 2.75) is 39.3 Å². The summed E-state index contributed by atoms with van der Waals surface area (Å²) in [6, 6.07) is 36.6. The summed E-state index contributed by atoms with van der Waals surface area (Å²) in [7, 11) is 7.56. The van der Waals surface area contributed by atoms with Gasteiger partial charge in [-0.2, -0.15) is 0 Å². The number of halogens is 8. The Kier molecular flexibility index (Phi) is 32.5. The highest BCUT2D eigenvalue weighted by molar-refractivity contribution is 14.1. The van der Waals surface area contributed by atoms with E-state index >= 15 is 0 Å². The number of benzene rings is 7. The van der Waals surface area contributed by atoms with Crippen molar-refractivity contribution in [3.8, 4) is 53.0 Å². The standard InChI is InChI=1S/C12H16FNSi.C9H8FN.2C8H6INOS.C8H8N2OS.C7H7BrFN.C6H5BrFN.C5H10Si/c1-14-12-6-5-10(9-11(12)13)7-8-15(2,3)4;1-3-7-4-5-9(11-2)8(10)6-7;3*1-11-5-2-3-6-7(4-5)12-8(9)10-6;1-10-7-3-2-5(8)4-6(7)9;7-4-1-2-6(9)5(8)3-4;1-5-6(2,3)4/h5-6,9,14H,1-4H3;1,4-6,11H,2H3;2*2-4H,1H3;2-4H,1H3,(H2,9,10);2-4,10H,1H3;1-3H,9H2;1H,2-4H3. The molecule has 0 amide bonds. The highest BCUT2D eigenvalue weighted by Crippen LogP contribution is 2.29. The van der Waals surface area contributed by atoms with E-state index in [-0.39, 0.29) is 29.0 Å². The van der Waals surface area contributed by atoms with Crippen molar-refractivity contribution in [1.29, 1.82) is 0 Å². The fourth-order valence-electron chi connectivity index (χ4n) is 6.11. The van der Waals surface area contributed by atoms with Crippen molar-refractivity contribution in [2.24, 2.45) is 0 Å². The van der Waals surface area contributed by atoms with E-state index in [1.54, 1.807) is 102 Å². The van der Waals surface area contributed by atoms with Gasteiger partial charge in [0, 0.05) is 41.2 Å². The maximum absolute atomic E-state index is 13.4. The maximum Gasteiger partial charge on any atom is 0.181 e. The molecule has 7 aromatic carbocycles. The van der Waals surface area contributed by atoms with Gasteiger partial charge in [-0.25, -0.2) is 32.5 Å². The zero-order valence-electron chi connectivity index (χ0n) is 49.7. The number of hydrogen-bond donors (Lipinski definition) is 5. The first-order chi connectivity index (χ1) is 41.1. The van der Waals surface area contributed by atoms with E-state index in [9.17, 15) is 17.6 Å². The molecule has 0 atom stereocenters. The normalized spacial score (nSPS) is 10.0. The van der Waals surface area contributed by atoms with Crippen LogP contribution < -0.4 is 41.6 Å². The minimum Gasteiger partial charge on any atom is -0.497 e. The minimum absolute atomic E-state index is 0.179. The number of methoxy groups -OCH3 is 3. The van der Waals surface area contributed by atoms with Crippen LogP contribution in [0.3, 0.4) is 0 Å². The Morgan fingerprint density at radius 1 is 0.494 bits per heavy atom. The van der Waals surface area contributed by atoms with Gasteiger partial charge in [-0.15, -0.1) is 46.6 Å². The highest BCUT2D eigenvalue weighted by atomic mass is 127. The van der Waals surface area contributed by atoms with Crippen molar-refractivity contribution in [1.82, 2.24) is 15.0 Å². The van der Waals surface area contributed by atoms with Crippen LogP contribution in [0.25, 0.3) is 30.6 Å². The number of rotatable bonds is 6. The quantitative estimate of drug-likeness (QED) is 0.0355. The summed E-state index contributed by atoms with van der Waals surface area (Å²) in [6.07, 6.45) is 10.2. The van der Waals surface area contributed by atoms with Gasteiger partial charge in [0.05, 0.1) is 74.7 Å². The summed E-state index contributed by atoms with van der Waals surface area (Å²) in [4.78, 5) is 12.8. The molecular weight excluding hydrogens is 1560 g/mol. The zero-order chi connectivity index (χ0) is 65.0. The molecule has 0 saturated carbocycles. The lowest BCUT2D eigenvalue weighted by molar-refractivity contribution is 0.415. The maximum atomic E-state index is 13.4. The molecule has 87 heavy (non-hydrogen) atoms. The average molecular weight is 1630 g/mol. The number of fused-ring (bicyclic) bond motifs is 3. The van der Waals surface area contributed by atoms with E-state index < -0.39 is 16.1 Å². The molecule has 11 nitrogen and oxygen atoms in total. The molecule has 0 unspecified atom stereocenters. The van der Waals surface area contributed by atoms with E-state index in [4.69, 9.17) is 38.5 Å². The van der Waals surface area contributed by atoms with Crippen molar-refractivity contribution in [3.63, 3.8) is 0 Å². The largest absolute Gasteiger partial charge is 0.497 e. The number of thiazole rings is 3. The number of nitrogens with one attached hydrogen (secondary N) is 3. The molecule has 0 aliphatic carbocycles. The van der Waals surface area contributed by atoms with Crippen LogP contribution in [0.5, 0.6) is 17.2 Å². The Bertz CT molecular complexity index is 3800. The molecule has 0 bridgehead atoms. The van der Waals surface area contributed by atoms with Gasteiger partial charge in [-0.05, 0) is 173 Å². The molecule has 0 fully saturated rings. The lowest BCUT2D eigenvalue weighted by Gasteiger charge is -2.04. The summed E-state index contributed by atoms with van der Waals surface area (Å²) in [5.74, 6) is 6.80. The number of terminal acetylenes is 2. The van der Waals surface area contributed by atoms with Crippen molar-refractivity contribution in [3.05, 3.63) is 177 Å².